The van der Waals surface area contributed by atoms with Crippen molar-refractivity contribution >= 4 is 34.3 Å². The number of nitrogens with one attached hydrogen (secondary N) is 1. The lowest BCUT2D eigenvalue weighted by Gasteiger charge is -2.08. The fraction of sp³-hybridized carbons (Fsp3) is 0.222. The molecule has 1 amide bonds. The summed E-state index contributed by atoms with van der Waals surface area (Å²) in [6.45, 7) is 4.72. The number of aryl methyl sites for hydroxylation is 1. The van der Waals surface area contributed by atoms with Gasteiger partial charge in [-0.1, -0.05) is 50.2 Å². The molecule has 0 bridgehead atoms. The van der Waals surface area contributed by atoms with Gasteiger partial charge in [0.25, 0.3) is 5.91 Å². The van der Waals surface area contributed by atoms with Crippen molar-refractivity contribution in [3.8, 4) is 22.9 Å². The molecule has 0 atom stereocenters. The Morgan fingerprint density at radius 1 is 1.09 bits per heavy atom. The second-order valence-corrected chi connectivity index (χ2v) is 8.32. The van der Waals surface area contributed by atoms with E-state index in [-0.39, 0.29) is 11.1 Å². The summed E-state index contributed by atoms with van der Waals surface area (Å²) in [5.41, 5.74) is 3.56. The Kier molecular flexibility index (Phi) is 8.60. The number of amides is 1. The maximum absolute atomic E-state index is 12.9. The van der Waals surface area contributed by atoms with Crippen LogP contribution in [0.15, 0.2) is 59.5 Å². The predicted octanol–water partition coefficient (Wildman–Crippen LogP) is 6.10. The zero-order chi connectivity index (χ0) is 24.5. The van der Waals surface area contributed by atoms with Crippen LogP contribution in [0.25, 0.3) is 17.2 Å². The van der Waals surface area contributed by atoms with E-state index in [0.717, 1.165) is 24.2 Å². The van der Waals surface area contributed by atoms with Crippen LogP contribution in [0.1, 0.15) is 41.8 Å². The minimum absolute atomic E-state index is 0.0831. The number of hydrogen-bond donors (Lipinski definition) is 1. The van der Waals surface area contributed by atoms with Crippen LogP contribution < -0.4 is 10.1 Å². The summed E-state index contributed by atoms with van der Waals surface area (Å²) in [6, 6.07) is 17.0. The van der Waals surface area contributed by atoms with E-state index in [1.165, 1.54) is 30.1 Å². The first kappa shape index (κ1) is 24.7. The summed E-state index contributed by atoms with van der Waals surface area (Å²) in [6.07, 6.45) is 3.31. The third-order valence-electron chi connectivity index (χ3n) is 5.11. The van der Waals surface area contributed by atoms with E-state index in [1.54, 1.807) is 29.6 Å². The van der Waals surface area contributed by atoms with E-state index in [0.29, 0.717) is 22.7 Å². The Hall–Kier alpha value is -3.89. The minimum atomic E-state index is -0.603. The van der Waals surface area contributed by atoms with Gasteiger partial charge in [-0.3, -0.25) is 4.79 Å². The van der Waals surface area contributed by atoms with Crippen LogP contribution in [-0.2, 0) is 16.0 Å². The molecule has 2 aromatic carbocycles. The number of esters is 1. The van der Waals surface area contributed by atoms with E-state index >= 15 is 0 Å². The quantitative estimate of drug-likeness (QED) is 0.230. The predicted molar refractivity (Wildman–Crippen MR) is 135 cm³/mol. The fourth-order valence-electron chi connectivity index (χ4n) is 3.25. The molecule has 3 aromatic rings. The van der Waals surface area contributed by atoms with Gasteiger partial charge in [-0.25, -0.2) is 4.79 Å². The molecule has 34 heavy (non-hydrogen) atoms. The number of ether oxygens (including phenoxy) is 2. The van der Waals surface area contributed by atoms with Crippen molar-refractivity contribution in [1.82, 2.24) is 0 Å². The van der Waals surface area contributed by atoms with Gasteiger partial charge in [0.05, 0.1) is 13.7 Å². The van der Waals surface area contributed by atoms with Crippen LogP contribution in [0.4, 0.5) is 5.00 Å². The van der Waals surface area contributed by atoms with Crippen molar-refractivity contribution in [3.05, 3.63) is 76.2 Å². The molecule has 1 aromatic heterocycles. The third-order valence-corrected chi connectivity index (χ3v) is 6.01. The van der Waals surface area contributed by atoms with Crippen LogP contribution in [0.2, 0.25) is 0 Å². The molecule has 174 valence electrons. The summed E-state index contributed by atoms with van der Waals surface area (Å²) in [5, 5.41) is 14.4. The first-order valence-electron chi connectivity index (χ1n) is 11.0. The van der Waals surface area contributed by atoms with Crippen molar-refractivity contribution in [2.24, 2.45) is 0 Å². The first-order valence-corrected chi connectivity index (χ1v) is 11.8. The SMILES string of the molecule is CCCOc1ccc(/C=C(\C#N)C(=O)Nc2scc(-c3ccc(CC)cc3)c2C(=O)OC)cc1. The summed E-state index contributed by atoms with van der Waals surface area (Å²) in [7, 11) is 1.30. The molecule has 0 saturated heterocycles. The van der Waals surface area contributed by atoms with Gasteiger partial charge in [-0.2, -0.15) is 5.26 Å². The lowest BCUT2D eigenvalue weighted by Crippen LogP contribution is -2.15. The van der Waals surface area contributed by atoms with E-state index in [4.69, 9.17) is 9.47 Å². The van der Waals surface area contributed by atoms with Gasteiger partial charge in [-0.15, -0.1) is 11.3 Å². The molecule has 1 heterocycles. The van der Waals surface area contributed by atoms with Crippen LogP contribution in [-0.4, -0.2) is 25.6 Å². The number of thiophene rings is 1. The van der Waals surface area contributed by atoms with Crippen molar-refractivity contribution < 1.29 is 19.1 Å². The Balaban J connectivity index is 1.86. The van der Waals surface area contributed by atoms with E-state index in [9.17, 15) is 14.9 Å². The topological polar surface area (TPSA) is 88.4 Å². The monoisotopic (exact) mass is 474 g/mol. The largest absolute Gasteiger partial charge is 0.494 e. The van der Waals surface area contributed by atoms with Crippen LogP contribution >= 0.6 is 11.3 Å². The molecule has 0 unspecified atom stereocenters. The lowest BCUT2D eigenvalue weighted by molar-refractivity contribution is -0.112. The highest BCUT2D eigenvalue weighted by Crippen LogP contribution is 2.36. The molecule has 1 N–H and O–H groups in total. The Morgan fingerprint density at radius 2 is 1.79 bits per heavy atom. The minimum Gasteiger partial charge on any atom is -0.494 e. The maximum Gasteiger partial charge on any atom is 0.341 e. The van der Waals surface area contributed by atoms with Gasteiger partial charge in [0.15, 0.2) is 0 Å². The van der Waals surface area contributed by atoms with Crippen LogP contribution in [0, 0.1) is 11.3 Å². The first-order chi connectivity index (χ1) is 16.5. The van der Waals surface area contributed by atoms with Crippen molar-refractivity contribution in [3.63, 3.8) is 0 Å². The van der Waals surface area contributed by atoms with Gasteiger partial charge in [0.1, 0.15) is 28.0 Å². The number of anilines is 1. The highest BCUT2D eigenvalue weighted by Gasteiger charge is 2.23. The van der Waals surface area contributed by atoms with Crippen molar-refractivity contribution in [2.45, 2.75) is 26.7 Å². The van der Waals surface area contributed by atoms with Crippen molar-refractivity contribution in [1.29, 1.82) is 5.26 Å². The van der Waals surface area contributed by atoms with Crippen LogP contribution in [0.3, 0.4) is 0 Å². The number of nitriles is 1. The van der Waals surface area contributed by atoms with E-state index in [2.05, 4.69) is 12.2 Å². The standard InChI is InChI=1S/C27H26N2O4S/c1-4-14-33-22-12-8-19(9-13-22)15-21(16-28)25(30)29-26-24(27(31)32-3)23(17-34-26)20-10-6-18(5-2)7-11-20/h6-13,15,17H,4-5,14H2,1-3H3,(H,29,30)/b21-15+. The van der Waals surface area contributed by atoms with Crippen LogP contribution in [0.5, 0.6) is 5.75 Å². The number of benzene rings is 2. The van der Waals surface area contributed by atoms with E-state index < -0.39 is 11.9 Å². The molecule has 0 aliphatic carbocycles. The lowest BCUT2D eigenvalue weighted by atomic mass is 10.0. The highest BCUT2D eigenvalue weighted by atomic mass is 32.1. The second kappa shape index (κ2) is 11.8. The summed E-state index contributed by atoms with van der Waals surface area (Å²) < 4.78 is 10.5. The average Bonchev–Trinajstić information content (AvgIpc) is 3.29. The zero-order valence-electron chi connectivity index (χ0n) is 19.4. The molecule has 0 saturated carbocycles. The number of carbonyl (C=O) groups is 2. The normalized spacial score (nSPS) is 10.9. The number of nitrogens with zero attached hydrogens (tertiary/aromatic N) is 1. The molecule has 0 fully saturated rings. The van der Waals surface area contributed by atoms with Gasteiger partial charge in [0, 0.05) is 10.9 Å². The number of rotatable bonds is 9. The third kappa shape index (κ3) is 5.91. The molecule has 0 aliphatic heterocycles. The second-order valence-electron chi connectivity index (χ2n) is 7.44. The summed E-state index contributed by atoms with van der Waals surface area (Å²) in [5.74, 6) is -0.437. The highest BCUT2D eigenvalue weighted by molar-refractivity contribution is 7.15. The van der Waals surface area contributed by atoms with Gasteiger partial charge < -0.3 is 14.8 Å². The van der Waals surface area contributed by atoms with Gasteiger partial charge in [-0.05, 0) is 47.7 Å². The molecule has 7 heteroatoms. The number of methoxy groups -OCH3 is 1. The zero-order valence-corrected chi connectivity index (χ0v) is 20.2. The Labute approximate surface area is 203 Å². The molecular formula is C27H26N2O4S. The summed E-state index contributed by atoms with van der Waals surface area (Å²) in [4.78, 5) is 25.4. The van der Waals surface area contributed by atoms with E-state index in [1.807, 2.05) is 37.3 Å². The van der Waals surface area contributed by atoms with Gasteiger partial charge in [0.2, 0.25) is 0 Å². The molecule has 3 rings (SSSR count). The molecule has 6 nitrogen and oxygen atoms in total. The number of carbonyl (C=O) groups excluding carboxylic acids is 2. The number of hydrogen-bond acceptors (Lipinski definition) is 6. The average molecular weight is 475 g/mol. The fourth-order valence-corrected chi connectivity index (χ4v) is 4.21. The molecule has 0 radical (unpaired) electrons. The van der Waals surface area contributed by atoms with Gasteiger partial charge >= 0.3 is 5.97 Å². The molecule has 0 spiro atoms. The molecule has 0 aliphatic rings. The van der Waals surface area contributed by atoms with Crippen molar-refractivity contribution in [2.75, 3.05) is 19.0 Å². The maximum atomic E-state index is 12.9. The smallest absolute Gasteiger partial charge is 0.341 e. The Bertz CT molecular complexity index is 1220. The molecular weight excluding hydrogens is 448 g/mol. The summed E-state index contributed by atoms with van der Waals surface area (Å²) >= 11 is 1.21. The Morgan fingerprint density at radius 3 is 2.38 bits per heavy atom.